The van der Waals surface area contributed by atoms with Gasteiger partial charge in [-0.05, 0) is 43.0 Å². The summed E-state index contributed by atoms with van der Waals surface area (Å²) in [6.45, 7) is 8.61. The second kappa shape index (κ2) is 6.01. The topological polar surface area (TPSA) is 61.0 Å². The lowest BCUT2D eigenvalue weighted by Crippen LogP contribution is -2.07. The second-order valence-electron chi connectivity index (χ2n) is 5.23. The Balaban J connectivity index is 2.35. The molecule has 4 nitrogen and oxygen atoms in total. The van der Waals surface area contributed by atoms with Crippen LogP contribution in [0.4, 0.5) is 0 Å². The third-order valence-corrected chi connectivity index (χ3v) is 3.49. The van der Waals surface area contributed by atoms with Crippen LogP contribution in [0.1, 0.15) is 42.1 Å². The van der Waals surface area contributed by atoms with Gasteiger partial charge in [-0.25, -0.2) is 0 Å². The molecule has 0 atom stereocenters. The van der Waals surface area contributed by atoms with E-state index in [2.05, 4.69) is 30.1 Å². The molecule has 0 amide bonds. The zero-order valence-corrected chi connectivity index (χ0v) is 12.5. The van der Waals surface area contributed by atoms with Gasteiger partial charge in [0.2, 0.25) is 5.88 Å². The van der Waals surface area contributed by atoms with E-state index >= 15 is 0 Å². The lowest BCUT2D eigenvalue weighted by Gasteiger charge is -2.13. The van der Waals surface area contributed by atoms with Crippen molar-refractivity contribution in [2.24, 2.45) is 5.73 Å². The molecule has 106 valence electrons. The molecular weight excluding hydrogens is 250 g/mol. The lowest BCUT2D eigenvalue weighted by atomic mass is 10.0. The maximum Gasteiger partial charge on any atom is 0.243 e. The Morgan fingerprint density at radius 2 is 1.95 bits per heavy atom. The molecule has 2 rings (SSSR count). The highest BCUT2D eigenvalue weighted by Gasteiger charge is 2.12. The summed E-state index contributed by atoms with van der Waals surface area (Å²) in [5.74, 6) is 1.72. The molecule has 2 N–H and O–H groups in total. The summed E-state index contributed by atoms with van der Waals surface area (Å²) in [6.07, 6.45) is 0. The predicted octanol–water partition coefficient (Wildman–Crippen LogP) is 3.47. The smallest absolute Gasteiger partial charge is 0.243 e. The average molecular weight is 271 g/mol. The summed E-state index contributed by atoms with van der Waals surface area (Å²) in [5.41, 5.74) is 9.87. The molecule has 0 radical (unpaired) electrons. The SMILES string of the molecule is Cc1nnc(Oc2cccc(C(C)C)c2)c(CN)c1C. The van der Waals surface area contributed by atoms with E-state index in [1.165, 1.54) is 5.56 Å². The molecule has 1 aromatic carbocycles. The van der Waals surface area contributed by atoms with Gasteiger partial charge in [-0.15, -0.1) is 5.10 Å². The number of nitrogens with zero attached hydrogens (tertiary/aromatic N) is 2. The molecule has 0 saturated carbocycles. The maximum absolute atomic E-state index is 5.87. The highest BCUT2D eigenvalue weighted by molar-refractivity contribution is 5.39. The minimum absolute atomic E-state index is 0.390. The summed E-state index contributed by atoms with van der Waals surface area (Å²) in [6, 6.07) is 8.03. The van der Waals surface area contributed by atoms with E-state index in [-0.39, 0.29) is 0 Å². The second-order valence-corrected chi connectivity index (χ2v) is 5.23. The van der Waals surface area contributed by atoms with Gasteiger partial charge in [0.25, 0.3) is 0 Å². The monoisotopic (exact) mass is 271 g/mol. The van der Waals surface area contributed by atoms with Gasteiger partial charge in [-0.2, -0.15) is 5.10 Å². The number of ether oxygens (including phenoxy) is 1. The fraction of sp³-hybridized carbons (Fsp3) is 0.375. The van der Waals surface area contributed by atoms with Gasteiger partial charge in [0.1, 0.15) is 5.75 Å². The normalized spacial score (nSPS) is 10.9. The highest BCUT2D eigenvalue weighted by Crippen LogP contribution is 2.27. The Morgan fingerprint density at radius 1 is 1.20 bits per heavy atom. The predicted molar refractivity (Wildman–Crippen MR) is 80.0 cm³/mol. The van der Waals surface area contributed by atoms with Crippen molar-refractivity contribution in [2.45, 2.75) is 40.2 Å². The van der Waals surface area contributed by atoms with Crippen molar-refractivity contribution in [1.29, 1.82) is 0 Å². The van der Waals surface area contributed by atoms with Gasteiger partial charge in [-0.3, -0.25) is 0 Å². The first-order chi connectivity index (χ1) is 9.52. The molecule has 0 unspecified atom stereocenters. The van der Waals surface area contributed by atoms with Gasteiger partial charge < -0.3 is 10.5 Å². The van der Waals surface area contributed by atoms with Gasteiger partial charge in [-0.1, -0.05) is 26.0 Å². The lowest BCUT2D eigenvalue weighted by molar-refractivity contribution is 0.445. The van der Waals surface area contributed by atoms with Gasteiger partial charge in [0.15, 0.2) is 0 Å². The van der Waals surface area contributed by atoms with Crippen LogP contribution in [0.2, 0.25) is 0 Å². The van der Waals surface area contributed by atoms with Crippen LogP contribution >= 0.6 is 0 Å². The van der Waals surface area contributed by atoms with Crippen LogP contribution in [-0.4, -0.2) is 10.2 Å². The van der Waals surface area contributed by atoms with E-state index in [0.717, 1.165) is 22.6 Å². The van der Waals surface area contributed by atoms with Crippen molar-refractivity contribution < 1.29 is 4.74 Å². The summed E-state index contributed by atoms with van der Waals surface area (Å²) >= 11 is 0. The van der Waals surface area contributed by atoms with E-state index in [9.17, 15) is 0 Å². The number of nitrogens with two attached hydrogens (primary N) is 1. The van der Waals surface area contributed by atoms with Crippen LogP contribution in [0.25, 0.3) is 0 Å². The van der Waals surface area contributed by atoms with Crippen molar-refractivity contribution in [1.82, 2.24) is 10.2 Å². The Hall–Kier alpha value is -1.94. The fourth-order valence-corrected chi connectivity index (χ4v) is 2.01. The van der Waals surface area contributed by atoms with Crippen LogP contribution in [0, 0.1) is 13.8 Å². The zero-order valence-electron chi connectivity index (χ0n) is 12.5. The average Bonchev–Trinajstić information content (AvgIpc) is 2.43. The van der Waals surface area contributed by atoms with Crippen molar-refractivity contribution in [2.75, 3.05) is 0 Å². The van der Waals surface area contributed by atoms with Crippen LogP contribution < -0.4 is 10.5 Å². The van der Waals surface area contributed by atoms with Gasteiger partial charge >= 0.3 is 0 Å². The first kappa shape index (κ1) is 14.5. The molecule has 0 spiro atoms. The number of benzene rings is 1. The molecule has 1 heterocycles. The van der Waals surface area contributed by atoms with Crippen LogP contribution in [0.5, 0.6) is 11.6 Å². The quantitative estimate of drug-likeness (QED) is 0.925. The summed E-state index contributed by atoms with van der Waals surface area (Å²) in [5, 5.41) is 8.24. The first-order valence-electron chi connectivity index (χ1n) is 6.83. The fourth-order valence-electron chi connectivity index (χ4n) is 2.01. The molecule has 0 fully saturated rings. The molecule has 0 bridgehead atoms. The van der Waals surface area contributed by atoms with Gasteiger partial charge in [0.05, 0.1) is 5.69 Å². The minimum atomic E-state index is 0.390. The number of hydrogen-bond acceptors (Lipinski definition) is 4. The molecule has 0 aliphatic rings. The van der Waals surface area contributed by atoms with Crippen LogP contribution in [0.3, 0.4) is 0 Å². The molecule has 20 heavy (non-hydrogen) atoms. The maximum atomic E-state index is 5.87. The number of aromatic nitrogens is 2. The number of aryl methyl sites for hydroxylation is 1. The van der Waals surface area contributed by atoms with Gasteiger partial charge in [0, 0.05) is 12.1 Å². The highest BCUT2D eigenvalue weighted by atomic mass is 16.5. The Morgan fingerprint density at radius 3 is 2.60 bits per heavy atom. The third-order valence-electron chi connectivity index (χ3n) is 3.49. The van der Waals surface area contributed by atoms with Crippen molar-refractivity contribution in [3.8, 4) is 11.6 Å². The Kier molecular flexibility index (Phi) is 4.35. The molecule has 2 aromatic rings. The molecule has 0 aliphatic heterocycles. The van der Waals surface area contributed by atoms with Crippen molar-refractivity contribution in [3.05, 3.63) is 46.6 Å². The van der Waals surface area contributed by atoms with Crippen molar-refractivity contribution in [3.63, 3.8) is 0 Å². The van der Waals surface area contributed by atoms with Crippen LogP contribution in [0.15, 0.2) is 24.3 Å². The molecule has 0 saturated heterocycles. The standard InChI is InChI=1S/C16H21N3O/c1-10(2)13-6-5-7-14(8-13)20-16-15(9-17)11(3)12(4)18-19-16/h5-8,10H,9,17H2,1-4H3. The zero-order chi connectivity index (χ0) is 14.7. The summed E-state index contributed by atoms with van der Waals surface area (Å²) in [7, 11) is 0. The third kappa shape index (κ3) is 2.96. The minimum Gasteiger partial charge on any atom is -0.437 e. The number of rotatable bonds is 4. The Labute approximate surface area is 120 Å². The summed E-state index contributed by atoms with van der Waals surface area (Å²) < 4.78 is 5.87. The van der Waals surface area contributed by atoms with Crippen molar-refractivity contribution >= 4 is 0 Å². The van der Waals surface area contributed by atoms with Crippen LogP contribution in [-0.2, 0) is 6.54 Å². The Bertz CT molecular complexity index is 609. The van der Waals surface area contributed by atoms with E-state index < -0.39 is 0 Å². The van der Waals surface area contributed by atoms with E-state index in [0.29, 0.717) is 18.3 Å². The molecule has 0 aliphatic carbocycles. The molecule has 4 heteroatoms. The van der Waals surface area contributed by atoms with E-state index in [1.807, 2.05) is 32.0 Å². The molecular formula is C16H21N3O. The van der Waals surface area contributed by atoms with E-state index in [4.69, 9.17) is 10.5 Å². The number of hydrogen-bond donors (Lipinski definition) is 1. The summed E-state index contributed by atoms with van der Waals surface area (Å²) in [4.78, 5) is 0. The molecule has 1 aromatic heterocycles. The first-order valence-corrected chi connectivity index (χ1v) is 6.83. The van der Waals surface area contributed by atoms with E-state index in [1.54, 1.807) is 0 Å². The largest absolute Gasteiger partial charge is 0.437 e.